The molecule has 2 aromatic rings. The Kier molecular flexibility index (Phi) is 5.88. The fraction of sp³-hybridized carbons (Fsp3) is 0.400. The Labute approximate surface area is 165 Å². The van der Waals surface area contributed by atoms with Gasteiger partial charge in [0.15, 0.2) is 0 Å². The Balaban J connectivity index is 1.72. The Hall–Kier alpha value is -2.61. The maximum absolute atomic E-state index is 13.0. The molecule has 28 heavy (non-hydrogen) atoms. The fourth-order valence-corrected chi connectivity index (χ4v) is 4.96. The van der Waals surface area contributed by atoms with Crippen LogP contribution in [0.3, 0.4) is 0 Å². The van der Waals surface area contributed by atoms with Crippen molar-refractivity contribution in [3.8, 4) is 0 Å². The van der Waals surface area contributed by atoms with Crippen molar-refractivity contribution >= 4 is 21.6 Å². The molecular formula is C20H25N3O4S. The molecule has 0 spiro atoms. The van der Waals surface area contributed by atoms with Crippen molar-refractivity contribution in [3.05, 3.63) is 64.6 Å². The SMILES string of the molecule is CC(C(=O)N1CCC(c2cc[nH]c(=O)c2)CC1)N(c1ccccc1)S(C)(=O)=O. The molecule has 1 saturated heterocycles. The van der Waals surface area contributed by atoms with E-state index in [1.54, 1.807) is 54.4 Å². The van der Waals surface area contributed by atoms with Gasteiger partial charge < -0.3 is 9.88 Å². The molecule has 8 heteroatoms. The number of anilines is 1. The number of likely N-dealkylation sites (tertiary alicyclic amines) is 1. The summed E-state index contributed by atoms with van der Waals surface area (Å²) in [6, 6.07) is 11.3. The van der Waals surface area contributed by atoms with Gasteiger partial charge in [-0.15, -0.1) is 0 Å². The quantitative estimate of drug-likeness (QED) is 0.826. The van der Waals surface area contributed by atoms with Crippen LogP contribution in [0.4, 0.5) is 5.69 Å². The van der Waals surface area contributed by atoms with Gasteiger partial charge in [0, 0.05) is 25.4 Å². The van der Waals surface area contributed by atoms with Gasteiger partial charge in [-0.1, -0.05) is 18.2 Å². The van der Waals surface area contributed by atoms with E-state index < -0.39 is 16.1 Å². The Bertz CT molecular complexity index is 980. The summed E-state index contributed by atoms with van der Waals surface area (Å²) >= 11 is 0. The van der Waals surface area contributed by atoms with E-state index in [-0.39, 0.29) is 17.4 Å². The number of hydrogen-bond acceptors (Lipinski definition) is 4. The van der Waals surface area contributed by atoms with Gasteiger partial charge in [0.1, 0.15) is 6.04 Å². The number of H-pyrrole nitrogens is 1. The molecule has 1 aliphatic heterocycles. The van der Waals surface area contributed by atoms with Gasteiger partial charge in [0.05, 0.1) is 11.9 Å². The smallest absolute Gasteiger partial charge is 0.248 e. The van der Waals surface area contributed by atoms with Gasteiger partial charge in [-0.05, 0) is 49.4 Å². The molecule has 0 radical (unpaired) electrons. The zero-order valence-corrected chi connectivity index (χ0v) is 16.9. The minimum Gasteiger partial charge on any atom is -0.341 e. The summed E-state index contributed by atoms with van der Waals surface area (Å²) in [6.07, 6.45) is 4.24. The minimum atomic E-state index is -3.61. The molecule has 1 amide bonds. The van der Waals surface area contributed by atoms with Crippen molar-refractivity contribution in [2.75, 3.05) is 23.7 Å². The summed E-state index contributed by atoms with van der Waals surface area (Å²) in [4.78, 5) is 28.9. The molecule has 2 heterocycles. The standard InChI is InChI=1S/C20H25N3O4S/c1-15(23(28(2,26)27)18-6-4-3-5-7-18)20(25)22-12-9-16(10-13-22)17-8-11-21-19(24)14-17/h3-8,11,14-16H,9-10,12-13H2,1-2H3,(H,21,24). The average molecular weight is 404 g/mol. The van der Waals surface area contributed by atoms with Crippen LogP contribution in [0.15, 0.2) is 53.5 Å². The second-order valence-corrected chi connectivity index (χ2v) is 9.02. The first-order chi connectivity index (χ1) is 13.3. The second kappa shape index (κ2) is 8.18. The topological polar surface area (TPSA) is 90.6 Å². The third-order valence-corrected chi connectivity index (χ3v) is 6.40. The summed E-state index contributed by atoms with van der Waals surface area (Å²) in [7, 11) is -3.61. The average Bonchev–Trinajstić information content (AvgIpc) is 2.67. The number of carbonyl (C=O) groups excluding carboxylic acids is 1. The highest BCUT2D eigenvalue weighted by molar-refractivity contribution is 7.92. The number of rotatable bonds is 5. The van der Waals surface area contributed by atoms with E-state index in [0.717, 1.165) is 24.7 Å². The largest absolute Gasteiger partial charge is 0.341 e. The Morgan fingerprint density at radius 1 is 1.18 bits per heavy atom. The summed E-state index contributed by atoms with van der Waals surface area (Å²) in [5, 5.41) is 0. The molecule has 1 aromatic heterocycles. The number of pyridine rings is 1. The lowest BCUT2D eigenvalue weighted by Gasteiger charge is -2.36. The van der Waals surface area contributed by atoms with Crippen LogP contribution < -0.4 is 9.86 Å². The highest BCUT2D eigenvalue weighted by atomic mass is 32.2. The lowest BCUT2D eigenvalue weighted by Crippen LogP contribution is -2.51. The molecule has 1 N–H and O–H groups in total. The number of benzene rings is 1. The molecule has 1 aromatic carbocycles. The van der Waals surface area contributed by atoms with E-state index in [2.05, 4.69) is 4.98 Å². The summed E-state index contributed by atoms with van der Waals surface area (Å²) in [6.45, 7) is 2.69. The summed E-state index contributed by atoms with van der Waals surface area (Å²) in [5.41, 5.74) is 1.33. The van der Waals surface area contributed by atoms with Gasteiger partial charge in [0.2, 0.25) is 21.5 Å². The van der Waals surface area contributed by atoms with Crippen molar-refractivity contribution in [1.82, 2.24) is 9.88 Å². The van der Waals surface area contributed by atoms with Crippen LogP contribution in [-0.4, -0.2) is 49.6 Å². The molecule has 1 atom stereocenters. The number of piperidine rings is 1. The van der Waals surface area contributed by atoms with Crippen LogP contribution >= 0.6 is 0 Å². The maximum atomic E-state index is 13.0. The van der Waals surface area contributed by atoms with Crippen LogP contribution in [0, 0.1) is 0 Å². The summed E-state index contributed by atoms with van der Waals surface area (Å²) < 4.78 is 25.9. The Morgan fingerprint density at radius 2 is 1.82 bits per heavy atom. The molecule has 150 valence electrons. The zero-order chi connectivity index (χ0) is 20.3. The van der Waals surface area contributed by atoms with Crippen molar-refractivity contribution in [2.45, 2.75) is 31.7 Å². The van der Waals surface area contributed by atoms with Crippen molar-refractivity contribution < 1.29 is 13.2 Å². The lowest BCUT2D eigenvalue weighted by atomic mass is 9.90. The summed E-state index contributed by atoms with van der Waals surface area (Å²) in [5.74, 6) is 0.0143. The van der Waals surface area contributed by atoms with Gasteiger partial charge in [-0.25, -0.2) is 8.42 Å². The predicted octanol–water partition coefficient (Wildman–Crippen LogP) is 1.94. The first-order valence-electron chi connectivity index (χ1n) is 9.29. The number of hydrogen-bond donors (Lipinski definition) is 1. The van der Waals surface area contributed by atoms with Crippen molar-refractivity contribution in [3.63, 3.8) is 0 Å². The number of sulfonamides is 1. The van der Waals surface area contributed by atoms with Crippen LogP contribution in [0.1, 0.15) is 31.2 Å². The molecular weight excluding hydrogens is 378 g/mol. The molecule has 7 nitrogen and oxygen atoms in total. The molecule has 0 bridgehead atoms. The number of amides is 1. The first kappa shape index (κ1) is 20.1. The van der Waals surface area contributed by atoms with Crippen LogP contribution in [0.5, 0.6) is 0 Å². The van der Waals surface area contributed by atoms with Gasteiger partial charge in [0.25, 0.3) is 0 Å². The molecule has 3 rings (SSSR count). The third kappa shape index (κ3) is 4.44. The monoisotopic (exact) mass is 403 g/mol. The number of nitrogens with zero attached hydrogens (tertiary/aromatic N) is 2. The van der Waals surface area contributed by atoms with E-state index in [9.17, 15) is 18.0 Å². The number of nitrogens with one attached hydrogen (secondary N) is 1. The van der Waals surface area contributed by atoms with E-state index in [1.807, 2.05) is 6.07 Å². The number of aromatic nitrogens is 1. The number of aromatic amines is 1. The molecule has 1 fully saturated rings. The molecule has 0 aliphatic carbocycles. The van der Waals surface area contributed by atoms with Crippen molar-refractivity contribution in [1.29, 1.82) is 0 Å². The normalized spacial score (nSPS) is 16.6. The van der Waals surface area contributed by atoms with E-state index in [1.165, 1.54) is 4.31 Å². The van der Waals surface area contributed by atoms with Crippen molar-refractivity contribution in [2.24, 2.45) is 0 Å². The highest BCUT2D eigenvalue weighted by Crippen LogP contribution is 2.28. The second-order valence-electron chi connectivity index (χ2n) is 7.16. The van der Waals surface area contributed by atoms with Gasteiger partial charge in [-0.3, -0.25) is 13.9 Å². The third-order valence-electron chi connectivity index (χ3n) is 5.15. The molecule has 0 saturated carbocycles. The highest BCUT2D eigenvalue weighted by Gasteiger charge is 2.33. The predicted molar refractivity (Wildman–Crippen MR) is 109 cm³/mol. The van der Waals surface area contributed by atoms with Crippen LogP contribution in [0.25, 0.3) is 0 Å². The first-order valence-corrected chi connectivity index (χ1v) is 11.1. The molecule has 1 unspecified atom stereocenters. The van der Waals surface area contributed by atoms with E-state index in [0.29, 0.717) is 18.8 Å². The van der Waals surface area contributed by atoms with Gasteiger partial charge >= 0.3 is 0 Å². The van der Waals surface area contributed by atoms with E-state index >= 15 is 0 Å². The number of carbonyl (C=O) groups is 1. The minimum absolute atomic E-state index is 0.128. The van der Waals surface area contributed by atoms with Crippen LogP contribution in [-0.2, 0) is 14.8 Å². The zero-order valence-electron chi connectivity index (χ0n) is 16.0. The maximum Gasteiger partial charge on any atom is 0.248 e. The lowest BCUT2D eigenvalue weighted by molar-refractivity contribution is -0.133. The number of para-hydroxylation sites is 1. The van der Waals surface area contributed by atoms with E-state index in [4.69, 9.17) is 0 Å². The van der Waals surface area contributed by atoms with Gasteiger partial charge in [-0.2, -0.15) is 0 Å². The van der Waals surface area contributed by atoms with Crippen LogP contribution in [0.2, 0.25) is 0 Å². The molecule has 1 aliphatic rings. The Morgan fingerprint density at radius 3 is 2.39 bits per heavy atom. The fourth-order valence-electron chi connectivity index (χ4n) is 3.79.